The van der Waals surface area contributed by atoms with Gasteiger partial charge in [0.1, 0.15) is 30.1 Å². The lowest BCUT2D eigenvalue weighted by atomic mass is 9.97. The van der Waals surface area contributed by atoms with Crippen molar-refractivity contribution in [3.05, 3.63) is 23.9 Å². The molecule has 2 aromatic rings. The van der Waals surface area contributed by atoms with Gasteiger partial charge < -0.3 is 20.7 Å². The number of nitriles is 1. The van der Waals surface area contributed by atoms with Gasteiger partial charge in [-0.25, -0.2) is 18.3 Å². The highest BCUT2D eigenvalue weighted by atomic mass is 19.1. The van der Waals surface area contributed by atoms with Gasteiger partial charge in [0.25, 0.3) is 0 Å². The molecule has 10 heteroatoms. The summed E-state index contributed by atoms with van der Waals surface area (Å²) in [6, 6.07) is 2.49. The van der Waals surface area contributed by atoms with Crippen LogP contribution in [-0.4, -0.2) is 49.3 Å². The molecule has 116 valence electrons. The van der Waals surface area contributed by atoms with Gasteiger partial charge in [0.2, 0.25) is 5.60 Å². The number of alkyl halides is 1. The average molecular weight is 311 g/mol. The number of hydrogen-bond acceptors (Lipinski definition) is 7. The number of fused-ring (bicyclic) bond motifs is 1. The maximum Gasteiger partial charge on any atom is 0.206 e. The fourth-order valence-electron chi connectivity index (χ4n) is 2.51. The Kier molecular flexibility index (Phi) is 3.21. The Morgan fingerprint density at radius 3 is 2.91 bits per heavy atom. The number of aliphatic hydroxyl groups is 2. The van der Waals surface area contributed by atoms with Gasteiger partial charge in [0.15, 0.2) is 17.8 Å². The average Bonchev–Trinajstić information content (AvgIpc) is 2.98. The van der Waals surface area contributed by atoms with Crippen LogP contribution >= 0.6 is 0 Å². The number of nitrogen functional groups attached to an aromatic ring is 1. The van der Waals surface area contributed by atoms with Gasteiger partial charge in [0, 0.05) is 6.07 Å². The zero-order chi connectivity index (χ0) is 16.1. The van der Waals surface area contributed by atoms with Crippen molar-refractivity contribution in [2.45, 2.75) is 24.0 Å². The van der Waals surface area contributed by atoms with E-state index in [1.807, 2.05) is 0 Å². The van der Waals surface area contributed by atoms with Crippen molar-refractivity contribution in [1.29, 1.82) is 5.26 Å². The van der Waals surface area contributed by atoms with Crippen LogP contribution in [0.2, 0.25) is 0 Å². The smallest absolute Gasteiger partial charge is 0.206 e. The summed E-state index contributed by atoms with van der Waals surface area (Å²) in [5.41, 5.74) is 3.18. The standard InChI is InChI=1S/C12H11F2N5O3/c13-5-1-6(19-8(5)11(16)17-4-18-19)9-7(14)10(21)12(2-15,3-20)22-9/h1,4,7,9-10,20-21H,3H2,(H2,16,17,18). The second kappa shape index (κ2) is 4.84. The molecule has 2 aromatic heterocycles. The van der Waals surface area contributed by atoms with Crippen molar-refractivity contribution in [1.82, 2.24) is 14.6 Å². The lowest BCUT2D eigenvalue weighted by molar-refractivity contribution is -0.0746. The van der Waals surface area contributed by atoms with Gasteiger partial charge in [0.05, 0.1) is 12.3 Å². The number of ether oxygens (including phenoxy) is 1. The highest BCUT2D eigenvalue weighted by molar-refractivity contribution is 5.66. The molecule has 0 saturated carbocycles. The molecule has 4 unspecified atom stereocenters. The SMILES string of the molecule is N#CC1(CO)OC(c2cc(F)c3c(N)ncnn23)C(F)C1O. The predicted molar refractivity (Wildman–Crippen MR) is 67.5 cm³/mol. The molecule has 0 spiro atoms. The molecule has 1 aliphatic heterocycles. The first-order chi connectivity index (χ1) is 10.4. The van der Waals surface area contributed by atoms with Gasteiger partial charge in [-0.3, -0.25) is 0 Å². The Morgan fingerprint density at radius 2 is 2.32 bits per heavy atom. The highest BCUT2D eigenvalue weighted by Gasteiger charge is 2.57. The molecule has 8 nitrogen and oxygen atoms in total. The molecule has 22 heavy (non-hydrogen) atoms. The third-order valence-corrected chi connectivity index (χ3v) is 3.69. The van der Waals surface area contributed by atoms with E-state index in [4.69, 9.17) is 15.7 Å². The van der Waals surface area contributed by atoms with Crippen molar-refractivity contribution in [3.8, 4) is 6.07 Å². The van der Waals surface area contributed by atoms with E-state index in [2.05, 4.69) is 10.1 Å². The molecule has 1 aliphatic rings. The highest BCUT2D eigenvalue weighted by Crippen LogP contribution is 2.42. The van der Waals surface area contributed by atoms with Crippen LogP contribution in [0.5, 0.6) is 0 Å². The lowest BCUT2D eigenvalue weighted by Crippen LogP contribution is -2.44. The first kappa shape index (κ1) is 14.6. The third-order valence-electron chi connectivity index (χ3n) is 3.69. The summed E-state index contributed by atoms with van der Waals surface area (Å²) in [4.78, 5) is 3.63. The molecule has 1 saturated heterocycles. The van der Waals surface area contributed by atoms with Crippen molar-refractivity contribution in [2.75, 3.05) is 12.3 Å². The predicted octanol–water partition coefficient (Wildman–Crippen LogP) is -0.524. The summed E-state index contributed by atoms with van der Waals surface area (Å²) in [6.07, 6.45) is -4.39. The minimum atomic E-state index is -2.12. The van der Waals surface area contributed by atoms with Crippen LogP contribution in [0.15, 0.2) is 12.4 Å². The van der Waals surface area contributed by atoms with E-state index < -0.39 is 36.4 Å². The summed E-state index contributed by atoms with van der Waals surface area (Å²) in [5, 5.41) is 31.9. The molecule has 0 bridgehead atoms. The fourth-order valence-corrected chi connectivity index (χ4v) is 2.51. The van der Waals surface area contributed by atoms with E-state index in [0.29, 0.717) is 0 Å². The molecule has 0 radical (unpaired) electrons. The molecule has 4 N–H and O–H groups in total. The fraction of sp³-hybridized carbons (Fsp3) is 0.417. The quantitative estimate of drug-likeness (QED) is 0.680. The van der Waals surface area contributed by atoms with Crippen molar-refractivity contribution < 1.29 is 23.7 Å². The number of halogens is 2. The van der Waals surface area contributed by atoms with Crippen LogP contribution < -0.4 is 5.73 Å². The van der Waals surface area contributed by atoms with E-state index in [9.17, 15) is 19.0 Å². The number of aliphatic hydroxyl groups excluding tert-OH is 2. The molecule has 0 amide bonds. The summed E-state index contributed by atoms with van der Waals surface area (Å²) in [6.45, 7) is -0.912. The first-order valence-corrected chi connectivity index (χ1v) is 6.25. The first-order valence-electron chi connectivity index (χ1n) is 6.25. The van der Waals surface area contributed by atoms with E-state index in [1.54, 1.807) is 6.07 Å². The molecule has 0 aliphatic carbocycles. The summed E-state index contributed by atoms with van der Waals surface area (Å²) >= 11 is 0. The monoisotopic (exact) mass is 311 g/mol. The molecule has 4 atom stereocenters. The van der Waals surface area contributed by atoms with Gasteiger partial charge in [-0.05, 0) is 0 Å². The maximum atomic E-state index is 14.3. The summed E-state index contributed by atoms with van der Waals surface area (Å²) < 4.78 is 34.5. The molecular formula is C12H11F2N5O3. The Bertz CT molecular complexity index is 776. The number of rotatable bonds is 2. The molecule has 3 heterocycles. The summed E-state index contributed by atoms with van der Waals surface area (Å²) in [5.74, 6) is -0.946. The Hall–Kier alpha value is -2.35. The maximum absolute atomic E-state index is 14.3. The van der Waals surface area contributed by atoms with Crippen molar-refractivity contribution in [2.24, 2.45) is 0 Å². The van der Waals surface area contributed by atoms with Gasteiger partial charge in [-0.15, -0.1) is 0 Å². The van der Waals surface area contributed by atoms with Crippen LogP contribution in [0, 0.1) is 17.1 Å². The van der Waals surface area contributed by atoms with Crippen LogP contribution in [0.3, 0.4) is 0 Å². The van der Waals surface area contributed by atoms with Gasteiger partial charge in [-0.2, -0.15) is 10.4 Å². The third kappa shape index (κ3) is 1.77. The van der Waals surface area contributed by atoms with Crippen LogP contribution in [0.4, 0.5) is 14.6 Å². The molecular weight excluding hydrogens is 300 g/mol. The minimum Gasteiger partial charge on any atom is -0.392 e. The molecule has 0 aromatic carbocycles. The number of aromatic nitrogens is 3. The zero-order valence-corrected chi connectivity index (χ0v) is 11.0. The normalized spacial score (nSPS) is 31.5. The van der Waals surface area contributed by atoms with Crippen LogP contribution in [-0.2, 0) is 4.74 Å². The van der Waals surface area contributed by atoms with E-state index in [1.165, 1.54) is 0 Å². The van der Waals surface area contributed by atoms with Crippen molar-refractivity contribution >= 4 is 11.3 Å². The molecule has 3 rings (SSSR count). The number of anilines is 1. The molecule has 1 fully saturated rings. The Balaban J connectivity index is 2.14. The minimum absolute atomic E-state index is 0.0845. The number of hydrogen-bond donors (Lipinski definition) is 3. The summed E-state index contributed by atoms with van der Waals surface area (Å²) in [7, 11) is 0. The van der Waals surface area contributed by atoms with Gasteiger partial charge in [-0.1, -0.05) is 0 Å². The lowest BCUT2D eigenvalue weighted by Gasteiger charge is -2.20. The van der Waals surface area contributed by atoms with Crippen LogP contribution in [0.1, 0.15) is 11.8 Å². The Labute approximate surface area is 122 Å². The second-order valence-electron chi connectivity index (χ2n) is 4.91. The topological polar surface area (TPSA) is 130 Å². The number of nitrogens with two attached hydrogens (primary N) is 1. The zero-order valence-electron chi connectivity index (χ0n) is 11.0. The second-order valence-corrected chi connectivity index (χ2v) is 4.91. The van der Waals surface area contributed by atoms with E-state index >= 15 is 0 Å². The van der Waals surface area contributed by atoms with E-state index in [-0.39, 0.29) is 17.0 Å². The Morgan fingerprint density at radius 1 is 1.59 bits per heavy atom. The van der Waals surface area contributed by atoms with Crippen LogP contribution in [0.25, 0.3) is 5.52 Å². The number of nitrogens with zero attached hydrogens (tertiary/aromatic N) is 4. The van der Waals surface area contributed by atoms with Gasteiger partial charge >= 0.3 is 0 Å². The van der Waals surface area contributed by atoms with E-state index in [0.717, 1.165) is 16.9 Å². The van der Waals surface area contributed by atoms with Crippen molar-refractivity contribution in [3.63, 3.8) is 0 Å². The largest absolute Gasteiger partial charge is 0.392 e.